The first-order valence-electron chi connectivity index (χ1n) is 6.34. The molecule has 1 aromatic rings. The Kier molecular flexibility index (Phi) is 4.31. The summed E-state index contributed by atoms with van der Waals surface area (Å²) in [7, 11) is 0. The Bertz CT molecular complexity index is 430. The molecule has 5 nitrogen and oxygen atoms in total. The molecule has 0 radical (unpaired) electrons. The van der Waals surface area contributed by atoms with Gasteiger partial charge in [0.25, 0.3) is 0 Å². The van der Waals surface area contributed by atoms with Gasteiger partial charge in [0.05, 0.1) is 5.69 Å². The number of nitrogens with two attached hydrogens (primary N) is 1. The van der Waals surface area contributed by atoms with E-state index in [0.29, 0.717) is 11.6 Å². The normalized spacial score (nSPS) is 17.3. The van der Waals surface area contributed by atoms with Gasteiger partial charge >= 0.3 is 0 Å². The van der Waals surface area contributed by atoms with Crippen LogP contribution in [-0.4, -0.2) is 34.9 Å². The van der Waals surface area contributed by atoms with Crippen LogP contribution in [0, 0.1) is 0 Å². The van der Waals surface area contributed by atoms with Crippen LogP contribution < -0.4 is 11.1 Å². The molecule has 1 aliphatic heterocycles. The van der Waals surface area contributed by atoms with Crippen LogP contribution in [0.5, 0.6) is 0 Å². The number of anilines is 1. The van der Waals surface area contributed by atoms with Crippen molar-refractivity contribution in [1.29, 1.82) is 0 Å². The van der Waals surface area contributed by atoms with E-state index in [9.17, 15) is 4.79 Å². The number of aromatic nitrogens is 1. The molecule has 0 fully saturated rings. The Balaban J connectivity index is 2.00. The predicted molar refractivity (Wildman–Crippen MR) is 73.7 cm³/mol. The van der Waals surface area contributed by atoms with Crippen LogP contribution in [0.3, 0.4) is 0 Å². The van der Waals surface area contributed by atoms with Gasteiger partial charge in [-0.2, -0.15) is 0 Å². The van der Waals surface area contributed by atoms with Gasteiger partial charge in [-0.25, -0.2) is 4.98 Å². The Morgan fingerprint density at radius 2 is 2.44 bits per heavy atom. The quantitative estimate of drug-likeness (QED) is 0.860. The highest BCUT2D eigenvalue weighted by Gasteiger charge is 2.20. The van der Waals surface area contributed by atoms with Crippen molar-refractivity contribution < 1.29 is 4.79 Å². The summed E-state index contributed by atoms with van der Waals surface area (Å²) in [5, 5.41) is 3.54. The van der Waals surface area contributed by atoms with Gasteiger partial charge in [0, 0.05) is 36.9 Å². The first-order valence-corrected chi connectivity index (χ1v) is 7.16. The second-order valence-corrected chi connectivity index (χ2v) is 5.82. The van der Waals surface area contributed by atoms with Crippen molar-refractivity contribution in [3.05, 3.63) is 10.6 Å². The van der Waals surface area contributed by atoms with Gasteiger partial charge < -0.3 is 11.1 Å². The Labute approximate surface area is 111 Å². The molecule has 0 saturated heterocycles. The summed E-state index contributed by atoms with van der Waals surface area (Å²) in [5.41, 5.74) is 6.74. The van der Waals surface area contributed by atoms with Crippen LogP contribution in [-0.2, 0) is 17.8 Å². The first-order chi connectivity index (χ1) is 8.58. The van der Waals surface area contributed by atoms with E-state index < -0.39 is 0 Å². The molecular weight excluding hydrogens is 248 g/mol. The molecule has 0 aromatic carbocycles. The SMILES string of the molecule is CCN1CCc2nc(NC(=O)CC(C)N)sc2C1. The lowest BCUT2D eigenvalue weighted by atomic mass is 10.2. The Morgan fingerprint density at radius 3 is 3.11 bits per heavy atom. The number of nitrogens with zero attached hydrogens (tertiary/aromatic N) is 2. The average Bonchev–Trinajstić information content (AvgIpc) is 2.68. The Morgan fingerprint density at radius 1 is 1.67 bits per heavy atom. The third kappa shape index (κ3) is 3.28. The van der Waals surface area contributed by atoms with E-state index >= 15 is 0 Å². The van der Waals surface area contributed by atoms with Crippen molar-refractivity contribution in [2.75, 3.05) is 18.4 Å². The number of carbonyl (C=O) groups is 1. The fourth-order valence-electron chi connectivity index (χ4n) is 2.03. The minimum Gasteiger partial charge on any atom is -0.327 e. The van der Waals surface area contributed by atoms with E-state index in [1.165, 1.54) is 4.88 Å². The maximum Gasteiger partial charge on any atom is 0.227 e. The summed E-state index contributed by atoms with van der Waals surface area (Å²) in [6.45, 7) is 7.06. The summed E-state index contributed by atoms with van der Waals surface area (Å²) in [6, 6.07) is -0.116. The van der Waals surface area contributed by atoms with Crippen molar-refractivity contribution in [3.63, 3.8) is 0 Å². The summed E-state index contributed by atoms with van der Waals surface area (Å²) in [5.74, 6) is -0.0524. The topological polar surface area (TPSA) is 71.2 Å². The second kappa shape index (κ2) is 5.77. The summed E-state index contributed by atoms with van der Waals surface area (Å²) >= 11 is 1.58. The van der Waals surface area contributed by atoms with Crippen molar-refractivity contribution >= 4 is 22.4 Å². The number of hydrogen-bond donors (Lipinski definition) is 2. The van der Waals surface area contributed by atoms with Crippen LogP contribution in [0.15, 0.2) is 0 Å². The smallest absolute Gasteiger partial charge is 0.227 e. The van der Waals surface area contributed by atoms with E-state index in [1.54, 1.807) is 11.3 Å². The maximum absolute atomic E-state index is 11.6. The molecule has 18 heavy (non-hydrogen) atoms. The van der Waals surface area contributed by atoms with Crippen LogP contribution >= 0.6 is 11.3 Å². The van der Waals surface area contributed by atoms with Gasteiger partial charge in [-0.1, -0.05) is 6.92 Å². The molecule has 1 atom stereocenters. The minimum atomic E-state index is -0.116. The monoisotopic (exact) mass is 268 g/mol. The van der Waals surface area contributed by atoms with Crippen LogP contribution in [0.4, 0.5) is 5.13 Å². The summed E-state index contributed by atoms with van der Waals surface area (Å²) in [6.07, 6.45) is 1.31. The number of likely N-dealkylation sites (N-methyl/N-ethyl adjacent to an activating group) is 1. The van der Waals surface area contributed by atoms with Crippen LogP contribution in [0.25, 0.3) is 0 Å². The van der Waals surface area contributed by atoms with Gasteiger partial charge in [0.2, 0.25) is 5.91 Å². The Hall–Kier alpha value is -0.980. The van der Waals surface area contributed by atoms with Crippen molar-refractivity contribution in [2.24, 2.45) is 5.73 Å². The molecular formula is C12H20N4OS. The van der Waals surface area contributed by atoms with E-state index in [1.807, 2.05) is 6.92 Å². The second-order valence-electron chi connectivity index (χ2n) is 4.74. The summed E-state index contributed by atoms with van der Waals surface area (Å²) < 4.78 is 0. The molecule has 1 amide bonds. The van der Waals surface area contributed by atoms with E-state index in [-0.39, 0.29) is 11.9 Å². The number of nitrogens with one attached hydrogen (secondary N) is 1. The average molecular weight is 268 g/mol. The molecule has 100 valence electrons. The van der Waals surface area contributed by atoms with Gasteiger partial charge in [0.1, 0.15) is 0 Å². The zero-order valence-electron chi connectivity index (χ0n) is 10.9. The highest BCUT2D eigenvalue weighted by Crippen LogP contribution is 2.28. The molecule has 1 unspecified atom stereocenters. The number of carbonyl (C=O) groups excluding carboxylic acids is 1. The molecule has 2 heterocycles. The van der Waals surface area contributed by atoms with E-state index in [2.05, 4.69) is 22.1 Å². The molecule has 0 saturated carbocycles. The minimum absolute atomic E-state index is 0.0524. The van der Waals surface area contributed by atoms with Crippen molar-refractivity contribution in [1.82, 2.24) is 9.88 Å². The third-order valence-corrected chi connectivity index (χ3v) is 4.01. The largest absolute Gasteiger partial charge is 0.327 e. The molecule has 0 aliphatic carbocycles. The van der Waals surface area contributed by atoms with Gasteiger partial charge in [-0.15, -0.1) is 11.3 Å². The lowest BCUT2D eigenvalue weighted by Gasteiger charge is -2.23. The number of thiazole rings is 1. The lowest BCUT2D eigenvalue weighted by Crippen LogP contribution is -2.29. The molecule has 0 bridgehead atoms. The predicted octanol–water partition coefficient (Wildman–Crippen LogP) is 1.20. The summed E-state index contributed by atoms with van der Waals surface area (Å²) in [4.78, 5) is 19.8. The standard InChI is InChI=1S/C12H20N4OS/c1-3-16-5-4-9-10(7-16)18-12(14-9)15-11(17)6-8(2)13/h8H,3-7,13H2,1-2H3,(H,14,15,17). The molecule has 2 rings (SSSR count). The lowest BCUT2D eigenvalue weighted by molar-refractivity contribution is -0.116. The fourth-order valence-corrected chi connectivity index (χ4v) is 3.10. The zero-order chi connectivity index (χ0) is 13.1. The molecule has 6 heteroatoms. The van der Waals surface area contributed by atoms with Gasteiger partial charge in [-0.05, 0) is 13.5 Å². The van der Waals surface area contributed by atoms with Crippen LogP contribution in [0.1, 0.15) is 30.8 Å². The zero-order valence-corrected chi connectivity index (χ0v) is 11.7. The molecule has 0 spiro atoms. The van der Waals surface area contributed by atoms with Crippen molar-refractivity contribution in [3.8, 4) is 0 Å². The van der Waals surface area contributed by atoms with Gasteiger partial charge in [-0.3, -0.25) is 9.69 Å². The molecule has 1 aromatic heterocycles. The first kappa shape index (κ1) is 13.5. The fraction of sp³-hybridized carbons (Fsp3) is 0.667. The number of hydrogen-bond acceptors (Lipinski definition) is 5. The number of fused-ring (bicyclic) bond motifs is 1. The van der Waals surface area contributed by atoms with E-state index in [0.717, 1.165) is 31.7 Å². The maximum atomic E-state index is 11.6. The molecule has 3 N–H and O–H groups in total. The number of amides is 1. The third-order valence-electron chi connectivity index (χ3n) is 3.01. The molecule has 1 aliphatic rings. The van der Waals surface area contributed by atoms with Gasteiger partial charge in [0.15, 0.2) is 5.13 Å². The number of rotatable bonds is 4. The van der Waals surface area contributed by atoms with E-state index in [4.69, 9.17) is 5.73 Å². The van der Waals surface area contributed by atoms with Crippen LogP contribution in [0.2, 0.25) is 0 Å². The van der Waals surface area contributed by atoms with Crippen molar-refractivity contribution in [2.45, 2.75) is 39.3 Å². The highest BCUT2D eigenvalue weighted by atomic mass is 32.1. The highest BCUT2D eigenvalue weighted by molar-refractivity contribution is 7.15.